The van der Waals surface area contributed by atoms with Gasteiger partial charge in [0.25, 0.3) is 0 Å². The molecule has 0 aromatic heterocycles. The molecule has 0 unspecified atom stereocenters. The van der Waals surface area contributed by atoms with E-state index in [-0.39, 0.29) is 5.41 Å². The minimum absolute atomic E-state index is 0.0606. The van der Waals surface area contributed by atoms with Crippen LogP contribution in [-0.4, -0.2) is 17.5 Å². The van der Waals surface area contributed by atoms with E-state index in [1.165, 1.54) is 5.56 Å². The molecule has 2 aromatic rings. The zero-order valence-electron chi connectivity index (χ0n) is 15.2. The Morgan fingerprint density at radius 2 is 1.88 bits per heavy atom. The Labute approximate surface area is 153 Å². The lowest BCUT2D eigenvalue weighted by atomic mass is 9.80. The smallest absolute Gasteiger partial charge is 0.405 e. The molecular formula is C22H23NO3. The molecule has 1 aliphatic rings. The number of nitrogens with one attached hydrogen (secondary N) is 1. The number of benzene rings is 2. The van der Waals surface area contributed by atoms with Crippen LogP contribution in [0.3, 0.4) is 0 Å². The summed E-state index contributed by atoms with van der Waals surface area (Å²) in [6, 6.07) is 14.3. The standard InChI is InChI=1S/C22H23NO3/c1-21(2,3)18-8-4-6-15(13-18)16-9-10-19-17(12-16)7-5-11-22(19,14-24)23-20(25)26/h4-6,8-14,23H,7H2,1-3H3,(H,25,26)/t22-/m1/s1. The highest BCUT2D eigenvalue weighted by atomic mass is 16.4. The van der Waals surface area contributed by atoms with E-state index in [1.807, 2.05) is 24.3 Å². The van der Waals surface area contributed by atoms with Crippen molar-refractivity contribution in [2.45, 2.75) is 38.1 Å². The molecule has 2 N–H and O–H groups in total. The number of allylic oxidation sites excluding steroid dienone is 1. The maximum atomic E-state index is 11.7. The summed E-state index contributed by atoms with van der Waals surface area (Å²) in [6.45, 7) is 6.54. The van der Waals surface area contributed by atoms with E-state index < -0.39 is 11.6 Å². The fourth-order valence-electron chi connectivity index (χ4n) is 3.39. The van der Waals surface area contributed by atoms with E-state index in [4.69, 9.17) is 5.11 Å². The van der Waals surface area contributed by atoms with Crippen molar-refractivity contribution < 1.29 is 14.7 Å². The molecule has 1 amide bonds. The van der Waals surface area contributed by atoms with Crippen LogP contribution in [0.5, 0.6) is 0 Å². The van der Waals surface area contributed by atoms with E-state index >= 15 is 0 Å². The molecule has 4 nitrogen and oxygen atoms in total. The molecule has 0 saturated carbocycles. The Morgan fingerprint density at radius 1 is 1.15 bits per heavy atom. The van der Waals surface area contributed by atoms with E-state index in [2.05, 4.69) is 50.4 Å². The van der Waals surface area contributed by atoms with Gasteiger partial charge >= 0.3 is 6.09 Å². The van der Waals surface area contributed by atoms with Crippen molar-refractivity contribution in [1.29, 1.82) is 0 Å². The van der Waals surface area contributed by atoms with Crippen LogP contribution in [0, 0.1) is 0 Å². The predicted octanol–water partition coefficient (Wildman–Crippen LogP) is 4.43. The first-order valence-corrected chi connectivity index (χ1v) is 8.65. The number of carbonyl (C=O) groups is 2. The van der Waals surface area contributed by atoms with Gasteiger partial charge in [-0.2, -0.15) is 0 Å². The highest BCUT2D eigenvalue weighted by molar-refractivity contribution is 5.81. The second-order valence-electron chi connectivity index (χ2n) is 7.73. The van der Waals surface area contributed by atoms with Gasteiger partial charge in [0.05, 0.1) is 0 Å². The summed E-state index contributed by atoms with van der Waals surface area (Å²) >= 11 is 0. The molecular weight excluding hydrogens is 326 g/mol. The van der Waals surface area contributed by atoms with Gasteiger partial charge in [0.2, 0.25) is 0 Å². The molecule has 1 atom stereocenters. The second-order valence-corrected chi connectivity index (χ2v) is 7.73. The molecule has 134 valence electrons. The molecule has 0 spiro atoms. The molecule has 0 heterocycles. The number of carbonyl (C=O) groups excluding carboxylic acids is 1. The number of carboxylic acid groups (broad SMARTS) is 1. The van der Waals surface area contributed by atoms with Crippen molar-refractivity contribution in [2.75, 3.05) is 0 Å². The molecule has 1 aliphatic carbocycles. The van der Waals surface area contributed by atoms with E-state index in [1.54, 1.807) is 6.08 Å². The molecule has 3 rings (SSSR count). The summed E-state index contributed by atoms with van der Waals surface area (Å²) in [7, 11) is 0. The van der Waals surface area contributed by atoms with Gasteiger partial charge in [-0.1, -0.05) is 75.4 Å². The van der Waals surface area contributed by atoms with Crippen LogP contribution in [0.2, 0.25) is 0 Å². The summed E-state index contributed by atoms with van der Waals surface area (Å²) in [5, 5.41) is 11.5. The van der Waals surface area contributed by atoms with Crippen molar-refractivity contribution in [3.05, 3.63) is 71.3 Å². The first-order chi connectivity index (χ1) is 12.2. The number of hydrogen-bond donors (Lipinski definition) is 2. The van der Waals surface area contributed by atoms with Gasteiger partial charge in [0, 0.05) is 0 Å². The maximum Gasteiger partial charge on any atom is 0.405 e. The molecule has 4 heteroatoms. The zero-order valence-corrected chi connectivity index (χ0v) is 15.2. The Balaban J connectivity index is 2.06. The van der Waals surface area contributed by atoms with Gasteiger partial charge in [-0.05, 0) is 39.7 Å². The lowest BCUT2D eigenvalue weighted by molar-refractivity contribution is -0.112. The zero-order chi connectivity index (χ0) is 18.9. The van der Waals surface area contributed by atoms with Crippen LogP contribution in [-0.2, 0) is 22.2 Å². The van der Waals surface area contributed by atoms with Crippen LogP contribution in [0.1, 0.15) is 37.5 Å². The molecule has 0 radical (unpaired) electrons. The summed E-state index contributed by atoms with van der Waals surface area (Å²) in [4.78, 5) is 22.9. The third kappa shape index (κ3) is 3.27. The summed E-state index contributed by atoms with van der Waals surface area (Å²) < 4.78 is 0. The summed E-state index contributed by atoms with van der Waals surface area (Å²) in [5.41, 5.74) is 3.80. The number of rotatable bonds is 3. The third-order valence-electron chi connectivity index (χ3n) is 4.83. The minimum atomic E-state index is -1.31. The fourth-order valence-corrected chi connectivity index (χ4v) is 3.39. The van der Waals surface area contributed by atoms with Gasteiger partial charge in [-0.25, -0.2) is 4.79 Å². The van der Waals surface area contributed by atoms with Gasteiger partial charge < -0.3 is 10.4 Å². The van der Waals surface area contributed by atoms with Crippen LogP contribution in [0.25, 0.3) is 11.1 Å². The van der Waals surface area contributed by atoms with Crippen molar-refractivity contribution in [3.63, 3.8) is 0 Å². The number of amides is 1. The SMILES string of the molecule is CC(C)(C)c1cccc(-c2ccc3c(c2)CC=C[C@]3(C=O)NC(=O)O)c1. The van der Waals surface area contributed by atoms with Gasteiger partial charge in [-0.15, -0.1) is 0 Å². The predicted molar refractivity (Wildman–Crippen MR) is 102 cm³/mol. The average Bonchev–Trinajstić information content (AvgIpc) is 2.60. The van der Waals surface area contributed by atoms with Crippen molar-refractivity contribution in [2.24, 2.45) is 0 Å². The molecule has 0 fully saturated rings. The molecule has 0 aliphatic heterocycles. The fraction of sp³-hybridized carbons (Fsp3) is 0.273. The Hall–Kier alpha value is -2.88. The van der Waals surface area contributed by atoms with Crippen molar-refractivity contribution >= 4 is 12.4 Å². The van der Waals surface area contributed by atoms with Gasteiger partial charge in [0.15, 0.2) is 6.29 Å². The van der Waals surface area contributed by atoms with E-state index in [9.17, 15) is 9.59 Å². The monoisotopic (exact) mass is 349 g/mol. The van der Waals surface area contributed by atoms with Crippen LogP contribution in [0.4, 0.5) is 4.79 Å². The molecule has 2 aromatic carbocycles. The molecule has 0 saturated heterocycles. The van der Waals surface area contributed by atoms with Crippen molar-refractivity contribution in [3.8, 4) is 11.1 Å². The molecule has 26 heavy (non-hydrogen) atoms. The lowest BCUT2D eigenvalue weighted by Crippen LogP contribution is -2.46. The van der Waals surface area contributed by atoms with Gasteiger partial charge in [-0.3, -0.25) is 4.79 Å². The summed E-state index contributed by atoms with van der Waals surface area (Å²) in [6.07, 6.45) is 3.55. The third-order valence-corrected chi connectivity index (χ3v) is 4.83. The van der Waals surface area contributed by atoms with E-state index in [0.29, 0.717) is 18.3 Å². The normalized spacial score (nSPS) is 18.9. The summed E-state index contributed by atoms with van der Waals surface area (Å²) in [5.74, 6) is 0. The largest absolute Gasteiger partial charge is 0.465 e. The highest BCUT2D eigenvalue weighted by Crippen LogP contribution is 2.34. The number of aldehydes is 1. The number of hydrogen-bond acceptors (Lipinski definition) is 2. The quantitative estimate of drug-likeness (QED) is 0.636. The Morgan fingerprint density at radius 3 is 2.54 bits per heavy atom. The first kappa shape index (κ1) is 17.9. The lowest BCUT2D eigenvalue weighted by Gasteiger charge is -2.30. The number of fused-ring (bicyclic) bond motifs is 1. The Bertz CT molecular complexity index is 893. The van der Waals surface area contributed by atoms with Crippen LogP contribution < -0.4 is 5.32 Å². The van der Waals surface area contributed by atoms with Crippen LogP contribution in [0.15, 0.2) is 54.6 Å². The highest BCUT2D eigenvalue weighted by Gasteiger charge is 2.35. The van der Waals surface area contributed by atoms with Crippen LogP contribution >= 0.6 is 0 Å². The minimum Gasteiger partial charge on any atom is -0.465 e. The van der Waals surface area contributed by atoms with Gasteiger partial charge in [0.1, 0.15) is 5.54 Å². The van der Waals surface area contributed by atoms with E-state index in [0.717, 1.165) is 16.7 Å². The Kier molecular flexibility index (Phi) is 4.45. The average molecular weight is 349 g/mol. The second kappa shape index (κ2) is 6.45. The first-order valence-electron chi connectivity index (χ1n) is 8.65. The topological polar surface area (TPSA) is 66.4 Å². The van der Waals surface area contributed by atoms with Crippen molar-refractivity contribution in [1.82, 2.24) is 5.32 Å². The maximum absolute atomic E-state index is 11.7. The molecule has 0 bridgehead atoms.